The zero-order valence-corrected chi connectivity index (χ0v) is 19.9. The molecule has 0 unspecified atom stereocenters. The lowest BCUT2D eigenvalue weighted by Gasteiger charge is -2.12. The van der Waals surface area contributed by atoms with Crippen LogP contribution in [0, 0.1) is 0 Å². The summed E-state index contributed by atoms with van der Waals surface area (Å²) < 4.78 is 13.5. The Kier molecular flexibility index (Phi) is 6.00. The number of nitrogens with zero attached hydrogens (tertiary/aromatic N) is 4. The molecular weight excluding hydrogens is 470 g/mol. The molecule has 0 aliphatic heterocycles. The van der Waals surface area contributed by atoms with Crippen LogP contribution < -0.4 is 5.76 Å². The highest BCUT2D eigenvalue weighted by molar-refractivity contribution is 6.32. The molecule has 0 radical (unpaired) electrons. The number of rotatable bonds is 7. The van der Waals surface area contributed by atoms with E-state index in [4.69, 9.17) is 20.9 Å². The minimum Gasteiger partial charge on any atom is -0.464 e. The molecule has 0 saturated carbocycles. The van der Waals surface area contributed by atoms with Crippen molar-refractivity contribution < 1.29 is 14.1 Å². The van der Waals surface area contributed by atoms with Crippen molar-refractivity contribution in [3.63, 3.8) is 0 Å². The maximum atomic E-state index is 12.4. The summed E-state index contributed by atoms with van der Waals surface area (Å²) in [6.07, 6.45) is 3.52. The molecule has 3 heterocycles. The van der Waals surface area contributed by atoms with Gasteiger partial charge in [-0.25, -0.2) is 14.6 Å². The first-order valence-electron chi connectivity index (χ1n) is 11.1. The van der Waals surface area contributed by atoms with Gasteiger partial charge in [0.2, 0.25) is 0 Å². The molecule has 9 nitrogen and oxygen atoms in total. The van der Waals surface area contributed by atoms with E-state index in [-0.39, 0.29) is 10.8 Å². The highest BCUT2D eigenvalue weighted by Crippen LogP contribution is 2.29. The molecule has 0 aliphatic carbocycles. The van der Waals surface area contributed by atoms with Crippen molar-refractivity contribution in [2.45, 2.75) is 26.3 Å². The maximum Gasteiger partial charge on any atom is 0.439 e. The number of hydrogen-bond acceptors (Lipinski definition) is 6. The van der Waals surface area contributed by atoms with Crippen LogP contribution in [0.5, 0.6) is 0 Å². The van der Waals surface area contributed by atoms with E-state index in [1.165, 1.54) is 7.11 Å². The van der Waals surface area contributed by atoms with Crippen LogP contribution in [0.2, 0.25) is 5.15 Å². The van der Waals surface area contributed by atoms with E-state index in [1.807, 2.05) is 64.7 Å². The maximum absolute atomic E-state index is 12.4. The van der Waals surface area contributed by atoms with Gasteiger partial charge in [-0.1, -0.05) is 41.9 Å². The van der Waals surface area contributed by atoms with Gasteiger partial charge in [0.25, 0.3) is 0 Å². The van der Waals surface area contributed by atoms with Crippen LogP contribution in [-0.4, -0.2) is 37.3 Å². The minimum absolute atomic E-state index is 0.148. The van der Waals surface area contributed by atoms with E-state index >= 15 is 0 Å². The van der Waals surface area contributed by atoms with Crippen LogP contribution in [0.25, 0.3) is 28.0 Å². The van der Waals surface area contributed by atoms with Gasteiger partial charge in [-0.05, 0) is 42.3 Å². The first kappa shape index (κ1) is 22.7. The monoisotopic (exact) mass is 491 g/mol. The number of carbonyl (C=O) groups excluding carboxylic acids is 1. The molecule has 0 fully saturated rings. The molecule has 5 rings (SSSR count). The molecule has 0 aliphatic rings. The molecule has 35 heavy (non-hydrogen) atoms. The molecule has 0 bridgehead atoms. The summed E-state index contributed by atoms with van der Waals surface area (Å²) in [6.45, 7) is 2.48. The van der Waals surface area contributed by atoms with Gasteiger partial charge >= 0.3 is 11.7 Å². The van der Waals surface area contributed by atoms with Crippen LogP contribution in [0.15, 0.2) is 64.0 Å². The highest BCUT2D eigenvalue weighted by atomic mass is 35.5. The van der Waals surface area contributed by atoms with Crippen molar-refractivity contribution in [3.8, 4) is 17.1 Å². The number of para-hydroxylation sites is 1. The largest absolute Gasteiger partial charge is 0.464 e. The molecular formula is C25H22ClN5O4. The molecule has 1 N–H and O–H groups in total. The van der Waals surface area contributed by atoms with Crippen molar-refractivity contribution in [2.24, 2.45) is 0 Å². The van der Waals surface area contributed by atoms with E-state index in [2.05, 4.69) is 21.2 Å². The summed E-state index contributed by atoms with van der Waals surface area (Å²) in [4.78, 5) is 30.9. The summed E-state index contributed by atoms with van der Waals surface area (Å²) in [5.74, 6) is -0.0179. The van der Waals surface area contributed by atoms with Crippen molar-refractivity contribution in [2.75, 3.05) is 7.11 Å². The standard InChI is InChI=1S/C25H22ClN5O4/c1-3-6-20-27-22(26)21(24(32)34-2)31(20)14-15-9-10-18-16(13-15)11-12-30(18)19-8-5-4-7-17(19)23-28-25(33)35-29-23/h4-5,7-13H,3,6,14H2,1-2H3,(H,28,29,33). The van der Waals surface area contributed by atoms with E-state index < -0.39 is 11.7 Å². The second kappa shape index (κ2) is 9.27. The molecule has 0 amide bonds. The Bertz CT molecular complexity index is 1590. The van der Waals surface area contributed by atoms with Crippen LogP contribution in [-0.2, 0) is 17.7 Å². The normalized spacial score (nSPS) is 11.3. The van der Waals surface area contributed by atoms with Gasteiger partial charge in [0.1, 0.15) is 5.82 Å². The Hall–Kier alpha value is -4.11. The topological polar surface area (TPSA) is 108 Å². The zero-order chi connectivity index (χ0) is 24.5. The number of carbonyl (C=O) groups is 1. The number of imidazole rings is 1. The minimum atomic E-state index is -0.606. The molecule has 3 aromatic heterocycles. The van der Waals surface area contributed by atoms with Crippen LogP contribution in [0.1, 0.15) is 35.2 Å². The number of esters is 1. The van der Waals surface area contributed by atoms with E-state index in [1.54, 1.807) is 0 Å². The Balaban J connectivity index is 1.55. The molecule has 0 spiro atoms. The third-order valence-electron chi connectivity index (χ3n) is 5.81. The number of aromatic nitrogens is 5. The smallest absolute Gasteiger partial charge is 0.439 e. The lowest BCUT2D eigenvalue weighted by Crippen LogP contribution is -2.14. The molecule has 0 saturated heterocycles. The van der Waals surface area contributed by atoms with Crippen molar-refractivity contribution in [1.29, 1.82) is 0 Å². The Labute approximate surface area is 204 Å². The predicted molar refractivity (Wildman–Crippen MR) is 131 cm³/mol. The summed E-state index contributed by atoms with van der Waals surface area (Å²) >= 11 is 6.29. The Morgan fingerprint density at radius 3 is 2.77 bits per heavy atom. The number of nitrogens with one attached hydrogen (secondary N) is 1. The lowest BCUT2D eigenvalue weighted by atomic mass is 10.1. The van der Waals surface area contributed by atoms with Gasteiger partial charge in [0.15, 0.2) is 16.7 Å². The Morgan fingerprint density at radius 2 is 2.03 bits per heavy atom. The summed E-state index contributed by atoms with van der Waals surface area (Å²) in [5.41, 5.74) is 3.80. The zero-order valence-electron chi connectivity index (χ0n) is 19.1. The molecule has 2 aromatic carbocycles. The van der Waals surface area contributed by atoms with E-state index in [9.17, 15) is 9.59 Å². The number of hydrogen-bond donors (Lipinski definition) is 1. The van der Waals surface area contributed by atoms with Gasteiger partial charge in [-0.15, -0.1) is 0 Å². The van der Waals surface area contributed by atoms with Gasteiger partial charge in [-0.3, -0.25) is 9.51 Å². The molecule has 0 atom stereocenters. The summed E-state index contributed by atoms with van der Waals surface area (Å²) in [6, 6.07) is 15.7. The average Bonchev–Trinajstić information content (AvgIpc) is 3.56. The van der Waals surface area contributed by atoms with Crippen LogP contribution in [0.4, 0.5) is 0 Å². The van der Waals surface area contributed by atoms with Crippen LogP contribution >= 0.6 is 11.6 Å². The second-order valence-corrected chi connectivity index (χ2v) is 8.39. The quantitative estimate of drug-likeness (QED) is 0.333. The molecule has 10 heteroatoms. The third kappa shape index (κ3) is 4.15. The molecule has 178 valence electrons. The first-order valence-corrected chi connectivity index (χ1v) is 11.5. The number of halogens is 1. The predicted octanol–water partition coefficient (Wildman–Crippen LogP) is 4.61. The lowest BCUT2D eigenvalue weighted by molar-refractivity contribution is 0.0589. The van der Waals surface area contributed by atoms with Crippen molar-refractivity contribution >= 4 is 28.5 Å². The number of methoxy groups -OCH3 is 1. The SMILES string of the molecule is CCCc1nc(Cl)c(C(=O)OC)n1Cc1ccc2c(ccn2-c2ccccc2-c2noc(=O)[nH]2)c1. The summed E-state index contributed by atoms with van der Waals surface area (Å²) in [7, 11) is 1.33. The van der Waals surface area contributed by atoms with Gasteiger partial charge in [-0.2, -0.15) is 0 Å². The Morgan fingerprint density at radius 1 is 1.20 bits per heavy atom. The van der Waals surface area contributed by atoms with Gasteiger partial charge < -0.3 is 13.9 Å². The highest BCUT2D eigenvalue weighted by Gasteiger charge is 2.23. The van der Waals surface area contributed by atoms with Gasteiger partial charge in [0.05, 0.1) is 18.3 Å². The fraction of sp³-hybridized carbons (Fsp3) is 0.200. The average molecular weight is 492 g/mol. The summed E-state index contributed by atoms with van der Waals surface area (Å²) in [5, 5.41) is 5.00. The second-order valence-electron chi connectivity index (χ2n) is 8.03. The number of benzene rings is 2. The number of fused-ring (bicyclic) bond motifs is 1. The molecule has 5 aromatic rings. The number of aryl methyl sites for hydroxylation is 1. The van der Waals surface area contributed by atoms with E-state index in [0.717, 1.165) is 40.0 Å². The number of aromatic amines is 1. The number of H-pyrrole nitrogens is 1. The third-order valence-corrected chi connectivity index (χ3v) is 6.07. The fourth-order valence-electron chi connectivity index (χ4n) is 4.26. The first-order chi connectivity index (χ1) is 17.0. The number of ether oxygens (including phenoxy) is 1. The van der Waals surface area contributed by atoms with Crippen molar-refractivity contribution in [3.05, 3.63) is 87.5 Å². The fourth-order valence-corrected chi connectivity index (χ4v) is 4.53. The van der Waals surface area contributed by atoms with Crippen LogP contribution in [0.3, 0.4) is 0 Å². The van der Waals surface area contributed by atoms with E-state index in [0.29, 0.717) is 18.8 Å². The van der Waals surface area contributed by atoms with Gasteiger partial charge in [0, 0.05) is 30.1 Å². The van der Waals surface area contributed by atoms with Crippen molar-refractivity contribution in [1.82, 2.24) is 24.3 Å².